The fourth-order valence-corrected chi connectivity index (χ4v) is 2.53. The van der Waals surface area contributed by atoms with Crippen LogP contribution in [-0.4, -0.2) is 29.4 Å². The van der Waals surface area contributed by atoms with E-state index in [0.717, 1.165) is 22.4 Å². The molecule has 3 rings (SSSR count). The Kier molecular flexibility index (Phi) is 6.16. The number of benzene rings is 2. The normalized spacial score (nSPS) is 10.4. The van der Waals surface area contributed by atoms with Crippen LogP contribution in [0, 0.1) is 19.7 Å². The second-order valence-corrected chi connectivity index (χ2v) is 6.31. The van der Waals surface area contributed by atoms with E-state index >= 15 is 0 Å². The van der Waals surface area contributed by atoms with Crippen LogP contribution < -0.4 is 15.4 Å². The van der Waals surface area contributed by atoms with Gasteiger partial charge in [-0.05, 0) is 61.4 Å². The summed E-state index contributed by atoms with van der Waals surface area (Å²) >= 11 is 0. The molecule has 7 heteroatoms. The number of anilines is 1. The fourth-order valence-electron chi connectivity index (χ4n) is 2.53. The highest BCUT2D eigenvalue weighted by Gasteiger charge is 2.05. The lowest BCUT2D eigenvalue weighted by Crippen LogP contribution is -2.32. The predicted molar refractivity (Wildman–Crippen MR) is 106 cm³/mol. The first-order valence-electron chi connectivity index (χ1n) is 8.86. The minimum atomic E-state index is -0.300. The molecule has 1 aromatic heterocycles. The van der Waals surface area contributed by atoms with Crippen molar-refractivity contribution in [2.24, 2.45) is 0 Å². The molecule has 0 aliphatic heterocycles. The molecular weight excluding hydrogens is 359 g/mol. The summed E-state index contributed by atoms with van der Waals surface area (Å²) in [5.41, 5.74) is 4.24. The highest BCUT2D eigenvalue weighted by molar-refractivity contribution is 5.90. The van der Waals surface area contributed by atoms with E-state index in [-0.39, 0.29) is 18.5 Å². The summed E-state index contributed by atoms with van der Waals surface area (Å²) < 4.78 is 18.4. The van der Waals surface area contributed by atoms with Crippen molar-refractivity contribution in [1.82, 2.24) is 15.5 Å². The van der Waals surface area contributed by atoms with Crippen LogP contribution in [-0.2, 0) is 0 Å². The summed E-state index contributed by atoms with van der Waals surface area (Å²) in [6.45, 7) is 4.48. The Morgan fingerprint density at radius 1 is 1.04 bits per heavy atom. The van der Waals surface area contributed by atoms with Gasteiger partial charge in [0.2, 0.25) is 5.88 Å². The number of carbonyl (C=O) groups is 1. The molecule has 3 aromatic rings. The van der Waals surface area contributed by atoms with Gasteiger partial charge in [-0.2, -0.15) is 0 Å². The maximum Gasteiger partial charge on any atom is 0.319 e. The number of ether oxygens (including phenoxy) is 1. The number of amides is 2. The highest BCUT2D eigenvalue weighted by atomic mass is 19.1. The van der Waals surface area contributed by atoms with Gasteiger partial charge in [0.05, 0.1) is 12.2 Å². The van der Waals surface area contributed by atoms with E-state index in [4.69, 9.17) is 4.74 Å². The van der Waals surface area contributed by atoms with E-state index in [0.29, 0.717) is 18.1 Å². The van der Waals surface area contributed by atoms with Crippen molar-refractivity contribution in [3.63, 3.8) is 0 Å². The monoisotopic (exact) mass is 380 g/mol. The molecule has 2 amide bonds. The highest BCUT2D eigenvalue weighted by Crippen LogP contribution is 2.18. The van der Waals surface area contributed by atoms with Gasteiger partial charge in [0.1, 0.15) is 12.4 Å². The molecule has 144 valence electrons. The molecule has 1 heterocycles. The van der Waals surface area contributed by atoms with Crippen LogP contribution in [0.1, 0.15) is 11.1 Å². The Morgan fingerprint density at radius 2 is 1.82 bits per heavy atom. The lowest BCUT2D eigenvalue weighted by molar-refractivity contribution is 0.246. The third-order valence-electron chi connectivity index (χ3n) is 4.06. The van der Waals surface area contributed by atoms with Gasteiger partial charge in [0.15, 0.2) is 0 Å². The lowest BCUT2D eigenvalue weighted by atomic mass is 10.1. The van der Waals surface area contributed by atoms with Crippen LogP contribution in [0.15, 0.2) is 54.6 Å². The third kappa shape index (κ3) is 5.26. The standard InChI is InChI=1S/C21H21FN4O2/c1-14-3-4-15(2)19(13-14)24-21(27)23-11-12-28-20-10-9-18(25-26-20)16-5-7-17(22)8-6-16/h3-10,13H,11-12H2,1-2H3,(H2,23,24,27). The van der Waals surface area contributed by atoms with Crippen molar-refractivity contribution in [1.29, 1.82) is 0 Å². The summed E-state index contributed by atoms with van der Waals surface area (Å²) in [6, 6.07) is 15.0. The molecule has 0 spiro atoms. The summed E-state index contributed by atoms with van der Waals surface area (Å²) in [5, 5.41) is 13.6. The maximum absolute atomic E-state index is 13.0. The van der Waals surface area contributed by atoms with E-state index in [1.807, 2.05) is 32.0 Å². The number of hydrogen-bond donors (Lipinski definition) is 2. The van der Waals surface area contributed by atoms with Gasteiger partial charge in [-0.1, -0.05) is 12.1 Å². The third-order valence-corrected chi connectivity index (χ3v) is 4.06. The zero-order valence-corrected chi connectivity index (χ0v) is 15.7. The minimum absolute atomic E-state index is 0.255. The van der Waals surface area contributed by atoms with Crippen molar-refractivity contribution >= 4 is 11.7 Å². The maximum atomic E-state index is 13.0. The largest absolute Gasteiger partial charge is 0.475 e. The number of nitrogens with zero attached hydrogens (tertiary/aromatic N) is 2. The number of nitrogens with one attached hydrogen (secondary N) is 2. The van der Waals surface area contributed by atoms with Gasteiger partial charge >= 0.3 is 6.03 Å². The zero-order valence-electron chi connectivity index (χ0n) is 15.7. The molecule has 0 fully saturated rings. The lowest BCUT2D eigenvalue weighted by Gasteiger charge is -2.11. The molecule has 0 saturated heterocycles. The molecule has 6 nitrogen and oxygen atoms in total. The Hall–Kier alpha value is -3.48. The van der Waals surface area contributed by atoms with E-state index in [9.17, 15) is 9.18 Å². The quantitative estimate of drug-likeness (QED) is 0.631. The molecule has 0 saturated carbocycles. The first kappa shape index (κ1) is 19.3. The number of halogens is 1. The zero-order chi connectivity index (χ0) is 19.9. The van der Waals surface area contributed by atoms with Crippen molar-refractivity contribution in [2.75, 3.05) is 18.5 Å². The molecule has 0 unspecified atom stereocenters. The summed E-state index contributed by atoms with van der Waals surface area (Å²) in [6.07, 6.45) is 0. The molecule has 2 N–H and O–H groups in total. The van der Waals surface area contributed by atoms with Gasteiger partial charge in [-0.15, -0.1) is 10.2 Å². The van der Waals surface area contributed by atoms with Crippen molar-refractivity contribution in [3.8, 4) is 17.1 Å². The second-order valence-electron chi connectivity index (χ2n) is 6.31. The number of aromatic nitrogens is 2. The first-order chi connectivity index (χ1) is 13.5. The second kappa shape index (κ2) is 8.94. The minimum Gasteiger partial charge on any atom is -0.475 e. The van der Waals surface area contributed by atoms with E-state index in [2.05, 4.69) is 20.8 Å². The topological polar surface area (TPSA) is 76.1 Å². The SMILES string of the molecule is Cc1ccc(C)c(NC(=O)NCCOc2ccc(-c3ccc(F)cc3)nn2)c1. The average Bonchev–Trinajstić information content (AvgIpc) is 2.69. The number of carbonyl (C=O) groups excluding carboxylic acids is 1. The molecule has 2 aromatic carbocycles. The van der Waals surface area contributed by atoms with Gasteiger partial charge in [0.25, 0.3) is 0 Å². The smallest absolute Gasteiger partial charge is 0.319 e. The van der Waals surface area contributed by atoms with Crippen molar-refractivity contribution < 1.29 is 13.9 Å². The Balaban J connectivity index is 1.44. The Morgan fingerprint density at radius 3 is 2.54 bits per heavy atom. The van der Waals surface area contributed by atoms with Gasteiger partial charge in [0, 0.05) is 17.3 Å². The van der Waals surface area contributed by atoms with Crippen LogP contribution in [0.5, 0.6) is 5.88 Å². The number of aryl methyl sites for hydroxylation is 2. The summed E-state index contributed by atoms with van der Waals surface area (Å²) in [7, 11) is 0. The number of rotatable bonds is 6. The van der Waals surface area contributed by atoms with Gasteiger partial charge < -0.3 is 15.4 Å². The number of urea groups is 1. The van der Waals surface area contributed by atoms with Crippen LogP contribution in [0.25, 0.3) is 11.3 Å². The van der Waals surface area contributed by atoms with E-state index < -0.39 is 0 Å². The molecule has 28 heavy (non-hydrogen) atoms. The Labute approximate surface area is 162 Å². The van der Waals surface area contributed by atoms with Crippen LogP contribution in [0.2, 0.25) is 0 Å². The number of hydrogen-bond acceptors (Lipinski definition) is 4. The summed E-state index contributed by atoms with van der Waals surface area (Å²) in [5.74, 6) is 0.0494. The predicted octanol–water partition coefficient (Wildman–Crippen LogP) is 4.10. The van der Waals surface area contributed by atoms with Gasteiger partial charge in [-0.25, -0.2) is 9.18 Å². The van der Waals surface area contributed by atoms with E-state index in [1.165, 1.54) is 12.1 Å². The van der Waals surface area contributed by atoms with Crippen LogP contribution >= 0.6 is 0 Å². The van der Waals surface area contributed by atoms with Crippen LogP contribution in [0.4, 0.5) is 14.9 Å². The molecule has 0 aliphatic carbocycles. The molecule has 0 atom stereocenters. The Bertz CT molecular complexity index is 944. The molecule has 0 bridgehead atoms. The van der Waals surface area contributed by atoms with Crippen molar-refractivity contribution in [3.05, 3.63) is 71.5 Å². The summed E-state index contributed by atoms with van der Waals surface area (Å²) in [4.78, 5) is 12.0. The van der Waals surface area contributed by atoms with Crippen molar-refractivity contribution in [2.45, 2.75) is 13.8 Å². The van der Waals surface area contributed by atoms with E-state index in [1.54, 1.807) is 24.3 Å². The molecule has 0 aliphatic rings. The fraction of sp³-hybridized carbons (Fsp3) is 0.190. The van der Waals surface area contributed by atoms with Crippen LogP contribution in [0.3, 0.4) is 0 Å². The first-order valence-corrected chi connectivity index (χ1v) is 8.86. The average molecular weight is 380 g/mol. The van der Waals surface area contributed by atoms with Gasteiger partial charge in [-0.3, -0.25) is 0 Å². The molecule has 0 radical (unpaired) electrons. The molecular formula is C21H21FN4O2.